The fourth-order valence-electron chi connectivity index (χ4n) is 2.49. The van der Waals surface area contributed by atoms with Crippen molar-refractivity contribution in [1.29, 1.82) is 0 Å². The van der Waals surface area contributed by atoms with Crippen molar-refractivity contribution in [1.82, 2.24) is 15.5 Å². The van der Waals surface area contributed by atoms with Gasteiger partial charge in [-0.1, -0.05) is 0 Å². The molecule has 3 atom stereocenters. The number of aliphatic carboxylic acids is 1. The van der Waals surface area contributed by atoms with Crippen molar-refractivity contribution in [2.24, 2.45) is 0 Å². The van der Waals surface area contributed by atoms with Crippen LogP contribution in [0.5, 0.6) is 0 Å². The number of carbonyl (C=O) groups excluding carboxylic acids is 1. The predicted molar refractivity (Wildman–Crippen MR) is 79.3 cm³/mol. The number of carboxylic acids is 1. The molecule has 0 aromatic rings. The number of hydrogen-bond acceptors (Lipinski definition) is 4. The van der Waals surface area contributed by atoms with Crippen molar-refractivity contribution in [3.05, 3.63) is 0 Å². The Morgan fingerprint density at radius 3 is 2.76 bits per heavy atom. The molecule has 3 N–H and O–H groups in total. The molecule has 0 saturated carbocycles. The molecule has 1 saturated heterocycles. The highest BCUT2D eigenvalue weighted by atomic mass is 16.5. The normalized spacial score (nSPS) is 24.3. The fraction of sp³-hybridized carbons (Fsp3) is 0.857. The van der Waals surface area contributed by atoms with E-state index in [2.05, 4.69) is 29.5 Å². The van der Waals surface area contributed by atoms with Crippen molar-refractivity contribution >= 4 is 12.0 Å². The highest BCUT2D eigenvalue weighted by Crippen LogP contribution is 2.15. The number of hydrogen-bond donors (Lipinski definition) is 3. The first kappa shape index (κ1) is 17.7. The van der Waals surface area contributed by atoms with Crippen LogP contribution in [0.3, 0.4) is 0 Å². The van der Waals surface area contributed by atoms with E-state index in [0.717, 1.165) is 19.4 Å². The average molecular weight is 301 g/mol. The van der Waals surface area contributed by atoms with E-state index in [4.69, 9.17) is 9.84 Å². The van der Waals surface area contributed by atoms with Gasteiger partial charge in [0, 0.05) is 32.3 Å². The van der Waals surface area contributed by atoms with Crippen LogP contribution in [0.4, 0.5) is 4.79 Å². The summed E-state index contributed by atoms with van der Waals surface area (Å²) in [7, 11) is 3.63. The zero-order valence-electron chi connectivity index (χ0n) is 13.1. The maximum atomic E-state index is 11.9. The molecule has 2 amide bonds. The summed E-state index contributed by atoms with van der Waals surface area (Å²) in [6.45, 7) is 3.54. The lowest BCUT2D eigenvalue weighted by Crippen LogP contribution is -2.52. The second-order valence-electron chi connectivity index (χ2n) is 5.69. The Hall–Kier alpha value is -1.34. The Morgan fingerprint density at radius 1 is 1.48 bits per heavy atom. The maximum Gasteiger partial charge on any atom is 0.326 e. The molecule has 0 spiro atoms. The number of carboxylic acid groups (broad SMARTS) is 1. The van der Waals surface area contributed by atoms with Crippen LogP contribution in [0.1, 0.15) is 32.6 Å². The molecule has 7 nitrogen and oxygen atoms in total. The Bertz CT molecular complexity index is 351. The minimum atomic E-state index is -1.02. The van der Waals surface area contributed by atoms with Gasteiger partial charge in [-0.05, 0) is 39.7 Å². The molecule has 0 radical (unpaired) electrons. The average Bonchev–Trinajstić information content (AvgIpc) is 2.42. The largest absolute Gasteiger partial charge is 0.480 e. The third kappa shape index (κ3) is 6.31. The SMILES string of the molecule is COCCCC(NC(=O)NC1CCN(C)C(C)C1)C(=O)O. The van der Waals surface area contributed by atoms with E-state index < -0.39 is 18.0 Å². The van der Waals surface area contributed by atoms with E-state index in [-0.39, 0.29) is 6.04 Å². The number of urea groups is 1. The van der Waals surface area contributed by atoms with Crippen LogP contribution in [0, 0.1) is 0 Å². The standard InChI is InChI=1S/C14H27N3O4/c1-10-9-11(6-7-17(10)2)15-14(20)16-12(13(18)19)5-4-8-21-3/h10-12H,4-9H2,1-3H3,(H,18,19)(H2,15,16,20). The Balaban J connectivity index is 2.37. The van der Waals surface area contributed by atoms with Crippen molar-refractivity contribution in [2.75, 3.05) is 27.3 Å². The number of amides is 2. The van der Waals surface area contributed by atoms with Gasteiger partial charge in [0.15, 0.2) is 0 Å². The predicted octanol–water partition coefficient (Wildman–Crippen LogP) is 0.648. The minimum absolute atomic E-state index is 0.102. The quantitative estimate of drug-likeness (QED) is 0.601. The summed E-state index contributed by atoms with van der Waals surface area (Å²) >= 11 is 0. The maximum absolute atomic E-state index is 11.9. The minimum Gasteiger partial charge on any atom is -0.480 e. The monoisotopic (exact) mass is 301 g/mol. The van der Waals surface area contributed by atoms with Crippen LogP contribution in [0.2, 0.25) is 0 Å². The van der Waals surface area contributed by atoms with E-state index in [1.807, 2.05) is 0 Å². The van der Waals surface area contributed by atoms with Crippen molar-refractivity contribution in [2.45, 2.75) is 50.7 Å². The first-order chi connectivity index (χ1) is 9.93. The van der Waals surface area contributed by atoms with E-state index in [0.29, 0.717) is 25.5 Å². The lowest BCUT2D eigenvalue weighted by Gasteiger charge is -2.35. The molecule has 3 unspecified atom stereocenters. The van der Waals surface area contributed by atoms with Crippen LogP contribution >= 0.6 is 0 Å². The number of rotatable bonds is 7. The van der Waals surface area contributed by atoms with Gasteiger partial charge in [-0.15, -0.1) is 0 Å². The van der Waals surface area contributed by atoms with Crippen LogP contribution in [0.15, 0.2) is 0 Å². The van der Waals surface area contributed by atoms with Crippen LogP contribution < -0.4 is 10.6 Å². The summed E-state index contributed by atoms with van der Waals surface area (Å²) in [5.74, 6) is -1.02. The highest BCUT2D eigenvalue weighted by molar-refractivity contribution is 5.82. The zero-order valence-corrected chi connectivity index (χ0v) is 13.1. The summed E-state index contributed by atoms with van der Waals surface area (Å²) in [6, 6.07) is -0.754. The molecule has 0 bridgehead atoms. The fourth-order valence-corrected chi connectivity index (χ4v) is 2.49. The molecular weight excluding hydrogens is 274 g/mol. The summed E-state index contributed by atoms with van der Waals surface area (Å²) in [5.41, 5.74) is 0. The van der Waals surface area contributed by atoms with Gasteiger partial charge >= 0.3 is 12.0 Å². The number of carbonyl (C=O) groups is 2. The van der Waals surface area contributed by atoms with Crippen LogP contribution in [-0.4, -0.2) is 67.4 Å². The molecule has 1 fully saturated rings. The Labute approximate surface area is 126 Å². The smallest absolute Gasteiger partial charge is 0.326 e. The Kier molecular flexibility index (Phi) is 7.45. The highest BCUT2D eigenvalue weighted by Gasteiger charge is 2.25. The summed E-state index contributed by atoms with van der Waals surface area (Å²) < 4.78 is 4.89. The molecule has 0 aromatic carbocycles. The third-order valence-corrected chi connectivity index (χ3v) is 3.99. The van der Waals surface area contributed by atoms with E-state index >= 15 is 0 Å². The zero-order chi connectivity index (χ0) is 15.8. The van der Waals surface area contributed by atoms with E-state index in [1.54, 1.807) is 7.11 Å². The summed E-state index contributed by atoms with van der Waals surface area (Å²) in [4.78, 5) is 25.3. The van der Waals surface area contributed by atoms with Gasteiger partial charge in [-0.3, -0.25) is 0 Å². The van der Waals surface area contributed by atoms with E-state index in [9.17, 15) is 9.59 Å². The molecule has 1 aliphatic rings. The van der Waals surface area contributed by atoms with Crippen molar-refractivity contribution in [3.63, 3.8) is 0 Å². The second-order valence-corrected chi connectivity index (χ2v) is 5.69. The van der Waals surface area contributed by atoms with Crippen LogP contribution in [-0.2, 0) is 9.53 Å². The molecule has 1 aliphatic heterocycles. The van der Waals surface area contributed by atoms with Crippen molar-refractivity contribution < 1.29 is 19.4 Å². The molecule has 0 aliphatic carbocycles. The van der Waals surface area contributed by atoms with Crippen LogP contribution in [0.25, 0.3) is 0 Å². The van der Waals surface area contributed by atoms with Gasteiger partial charge < -0.3 is 25.4 Å². The number of nitrogens with zero attached hydrogens (tertiary/aromatic N) is 1. The summed E-state index contributed by atoms with van der Waals surface area (Å²) in [6.07, 6.45) is 2.72. The molecule has 1 heterocycles. The first-order valence-electron chi connectivity index (χ1n) is 7.43. The first-order valence-corrected chi connectivity index (χ1v) is 7.43. The van der Waals surface area contributed by atoms with Gasteiger partial charge in [0.2, 0.25) is 0 Å². The molecule has 7 heteroatoms. The third-order valence-electron chi connectivity index (χ3n) is 3.99. The van der Waals surface area contributed by atoms with Gasteiger partial charge in [0.05, 0.1) is 0 Å². The Morgan fingerprint density at radius 2 is 2.19 bits per heavy atom. The summed E-state index contributed by atoms with van der Waals surface area (Å²) in [5, 5.41) is 14.5. The second kappa shape index (κ2) is 8.84. The number of likely N-dealkylation sites (tertiary alicyclic amines) is 1. The number of piperidine rings is 1. The lowest BCUT2D eigenvalue weighted by atomic mass is 9.99. The van der Waals surface area contributed by atoms with Gasteiger partial charge in [-0.2, -0.15) is 0 Å². The number of methoxy groups -OCH3 is 1. The molecule has 1 rings (SSSR count). The molecule has 0 aromatic heterocycles. The number of ether oxygens (including phenoxy) is 1. The molecular formula is C14H27N3O4. The van der Waals surface area contributed by atoms with Gasteiger partial charge in [-0.25, -0.2) is 9.59 Å². The van der Waals surface area contributed by atoms with Gasteiger partial charge in [0.1, 0.15) is 6.04 Å². The molecule has 21 heavy (non-hydrogen) atoms. The lowest BCUT2D eigenvalue weighted by molar-refractivity contribution is -0.139. The van der Waals surface area contributed by atoms with Gasteiger partial charge in [0.25, 0.3) is 0 Å². The van der Waals surface area contributed by atoms with E-state index in [1.165, 1.54) is 0 Å². The topological polar surface area (TPSA) is 90.9 Å². The number of nitrogens with one attached hydrogen (secondary N) is 2. The van der Waals surface area contributed by atoms with Crippen molar-refractivity contribution in [3.8, 4) is 0 Å². The molecule has 122 valence electrons.